The zero-order valence-electron chi connectivity index (χ0n) is 8.52. The van der Waals surface area contributed by atoms with Crippen LogP contribution in [0.2, 0.25) is 5.02 Å². The van der Waals surface area contributed by atoms with Crippen molar-refractivity contribution in [2.75, 3.05) is 13.2 Å². The lowest BCUT2D eigenvalue weighted by Crippen LogP contribution is -2.47. The fourth-order valence-corrected chi connectivity index (χ4v) is 1.86. The quantitative estimate of drug-likeness (QED) is 0.823. The third kappa shape index (κ3) is 2.52. The maximum absolute atomic E-state index is 10.7. The van der Waals surface area contributed by atoms with E-state index < -0.39 is 12.0 Å². The molecule has 0 spiro atoms. The Kier molecular flexibility index (Phi) is 3.43. The Morgan fingerprint density at radius 1 is 1.56 bits per heavy atom. The van der Waals surface area contributed by atoms with Gasteiger partial charge in [-0.3, -0.25) is 10.1 Å². The molecule has 1 aliphatic heterocycles. The van der Waals surface area contributed by atoms with E-state index in [2.05, 4.69) is 5.32 Å². The van der Waals surface area contributed by atoms with E-state index in [1.165, 1.54) is 0 Å². The summed E-state index contributed by atoms with van der Waals surface area (Å²) in [5.41, 5.74) is 0.962. The van der Waals surface area contributed by atoms with Gasteiger partial charge in [0.25, 0.3) is 0 Å². The van der Waals surface area contributed by atoms with Crippen molar-refractivity contribution in [3.05, 3.63) is 34.9 Å². The number of rotatable bonds is 2. The molecule has 1 aromatic carbocycles. The molecule has 1 fully saturated rings. The van der Waals surface area contributed by atoms with Crippen molar-refractivity contribution >= 4 is 17.6 Å². The molecule has 0 radical (unpaired) electrons. The Hall–Kier alpha value is -1.10. The van der Waals surface area contributed by atoms with Crippen molar-refractivity contribution in [3.63, 3.8) is 0 Å². The summed E-state index contributed by atoms with van der Waals surface area (Å²) >= 11 is 5.87. The second kappa shape index (κ2) is 4.82. The van der Waals surface area contributed by atoms with Crippen molar-refractivity contribution in [3.8, 4) is 0 Å². The molecule has 4 nitrogen and oxygen atoms in total. The van der Waals surface area contributed by atoms with Crippen molar-refractivity contribution in [2.24, 2.45) is 0 Å². The topological polar surface area (TPSA) is 58.6 Å². The predicted octanol–water partition coefficient (Wildman–Crippen LogP) is 1.45. The zero-order valence-corrected chi connectivity index (χ0v) is 9.28. The van der Waals surface area contributed by atoms with Crippen LogP contribution in [0.5, 0.6) is 0 Å². The van der Waals surface area contributed by atoms with Gasteiger partial charge in [0, 0.05) is 11.6 Å². The van der Waals surface area contributed by atoms with Gasteiger partial charge >= 0.3 is 5.97 Å². The van der Waals surface area contributed by atoms with Crippen LogP contribution in [0.3, 0.4) is 0 Å². The van der Waals surface area contributed by atoms with Gasteiger partial charge in [0.1, 0.15) is 6.04 Å². The SMILES string of the molecule is O=C(O)C1COC(c2cccc(Cl)c2)CN1. The highest BCUT2D eigenvalue weighted by Gasteiger charge is 2.26. The average molecular weight is 242 g/mol. The lowest BCUT2D eigenvalue weighted by Gasteiger charge is -2.28. The summed E-state index contributed by atoms with van der Waals surface area (Å²) in [4.78, 5) is 10.7. The van der Waals surface area contributed by atoms with Crippen LogP contribution in [0.1, 0.15) is 11.7 Å². The van der Waals surface area contributed by atoms with Crippen LogP contribution in [-0.4, -0.2) is 30.3 Å². The van der Waals surface area contributed by atoms with E-state index in [4.69, 9.17) is 21.4 Å². The number of ether oxygens (including phenoxy) is 1. The van der Waals surface area contributed by atoms with E-state index in [0.717, 1.165) is 5.56 Å². The van der Waals surface area contributed by atoms with Crippen molar-refractivity contribution in [1.29, 1.82) is 0 Å². The Balaban J connectivity index is 2.01. The largest absolute Gasteiger partial charge is 0.480 e. The molecule has 1 saturated heterocycles. The summed E-state index contributed by atoms with van der Waals surface area (Å²) in [5, 5.41) is 12.3. The average Bonchev–Trinajstić information content (AvgIpc) is 2.29. The number of carboxylic acid groups (broad SMARTS) is 1. The Labute approximate surface area is 98.2 Å². The Morgan fingerprint density at radius 2 is 2.38 bits per heavy atom. The molecule has 0 amide bonds. The summed E-state index contributed by atoms with van der Waals surface area (Å²) in [7, 11) is 0. The number of hydrogen-bond acceptors (Lipinski definition) is 3. The van der Waals surface area contributed by atoms with Gasteiger partial charge in [0.05, 0.1) is 12.7 Å². The minimum absolute atomic E-state index is 0.130. The Morgan fingerprint density at radius 3 is 2.94 bits per heavy atom. The minimum atomic E-state index is -0.885. The van der Waals surface area contributed by atoms with Crippen molar-refractivity contribution in [1.82, 2.24) is 5.32 Å². The number of halogens is 1. The molecule has 86 valence electrons. The number of nitrogens with one attached hydrogen (secondary N) is 1. The molecule has 0 aromatic heterocycles. The van der Waals surface area contributed by atoms with E-state index in [-0.39, 0.29) is 12.7 Å². The number of aliphatic carboxylic acids is 1. The van der Waals surface area contributed by atoms with Gasteiger partial charge < -0.3 is 9.84 Å². The number of hydrogen-bond donors (Lipinski definition) is 2. The third-order valence-corrected chi connectivity index (χ3v) is 2.77. The van der Waals surface area contributed by atoms with Gasteiger partial charge in [-0.2, -0.15) is 0 Å². The minimum Gasteiger partial charge on any atom is -0.480 e. The number of morpholine rings is 1. The van der Waals surface area contributed by atoms with Gasteiger partial charge in [-0.05, 0) is 17.7 Å². The molecule has 2 atom stereocenters. The van der Waals surface area contributed by atoms with E-state index >= 15 is 0 Å². The standard InChI is InChI=1S/C11H12ClNO3/c12-8-3-1-2-7(4-8)10-5-13-9(6-16-10)11(14)15/h1-4,9-10,13H,5-6H2,(H,14,15). The highest BCUT2D eigenvalue weighted by molar-refractivity contribution is 6.30. The molecule has 1 aliphatic rings. The van der Waals surface area contributed by atoms with Gasteiger partial charge in [-0.25, -0.2) is 0 Å². The lowest BCUT2D eigenvalue weighted by atomic mass is 10.1. The van der Waals surface area contributed by atoms with Gasteiger partial charge in [0.2, 0.25) is 0 Å². The lowest BCUT2D eigenvalue weighted by molar-refractivity contribution is -0.144. The molecular weight excluding hydrogens is 230 g/mol. The number of carbonyl (C=O) groups is 1. The first-order valence-electron chi connectivity index (χ1n) is 5.00. The highest BCUT2D eigenvalue weighted by atomic mass is 35.5. The summed E-state index contributed by atoms with van der Waals surface area (Å²) in [6.07, 6.45) is -0.130. The van der Waals surface area contributed by atoms with Crippen LogP contribution >= 0.6 is 11.6 Å². The maximum Gasteiger partial charge on any atom is 0.323 e. The number of benzene rings is 1. The van der Waals surface area contributed by atoms with E-state index in [0.29, 0.717) is 11.6 Å². The first kappa shape index (κ1) is 11.4. The van der Waals surface area contributed by atoms with Gasteiger partial charge in [-0.1, -0.05) is 23.7 Å². The molecule has 0 bridgehead atoms. The first-order chi connectivity index (χ1) is 7.66. The first-order valence-corrected chi connectivity index (χ1v) is 5.38. The molecular formula is C11H12ClNO3. The molecule has 2 N–H and O–H groups in total. The predicted molar refractivity (Wildman–Crippen MR) is 59.6 cm³/mol. The fourth-order valence-electron chi connectivity index (χ4n) is 1.66. The van der Waals surface area contributed by atoms with Crippen LogP contribution < -0.4 is 5.32 Å². The van der Waals surface area contributed by atoms with Crippen molar-refractivity contribution < 1.29 is 14.6 Å². The third-order valence-electron chi connectivity index (χ3n) is 2.53. The van der Waals surface area contributed by atoms with Gasteiger partial charge in [-0.15, -0.1) is 0 Å². The zero-order chi connectivity index (χ0) is 11.5. The van der Waals surface area contributed by atoms with Crippen LogP contribution in [-0.2, 0) is 9.53 Å². The summed E-state index contributed by atoms with van der Waals surface area (Å²) < 4.78 is 5.49. The van der Waals surface area contributed by atoms with Crippen LogP contribution in [0.15, 0.2) is 24.3 Å². The summed E-state index contributed by atoms with van der Waals surface area (Å²) in [6, 6.07) is 6.77. The maximum atomic E-state index is 10.7. The molecule has 0 saturated carbocycles. The molecule has 0 aliphatic carbocycles. The smallest absolute Gasteiger partial charge is 0.323 e. The molecule has 16 heavy (non-hydrogen) atoms. The van der Waals surface area contributed by atoms with Crippen LogP contribution in [0.25, 0.3) is 0 Å². The van der Waals surface area contributed by atoms with Crippen LogP contribution in [0, 0.1) is 0 Å². The summed E-state index contributed by atoms with van der Waals surface area (Å²) in [6.45, 7) is 0.657. The van der Waals surface area contributed by atoms with E-state index in [1.54, 1.807) is 6.07 Å². The highest BCUT2D eigenvalue weighted by Crippen LogP contribution is 2.22. The summed E-state index contributed by atoms with van der Waals surface area (Å²) in [5.74, 6) is -0.885. The van der Waals surface area contributed by atoms with Crippen molar-refractivity contribution in [2.45, 2.75) is 12.1 Å². The van der Waals surface area contributed by atoms with Crippen LogP contribution in [0.4, 0.5) is 0 Å². The second-order valence-electron chi connectivity index (χ2n) is 3.68. The molecule has 2 rings (SSSR count). The molecule has 1 heterocycles. The second-order valence-corrected chi connectivity index (χ2v) is 4.11. The molecule has 5 heteroatoms. The van der Waals surface area contributed by atoms with E-state index in [9.17, 15) is 4.79 Å². The fraction of sp³-hybridized carbons (Fsp3) is 0.364. The monoisotopic (exact) mass is 241 g/mol. The number of carboxylic acids is 1. The molecule has 1 aromatic rings. The molecule has 2 unspecified atom stereocenters. The Bertz CT molecular complexity index is 389. The normalized spacial score (nSPS) is 25.3. The van der Waals surface area contributed by atoms with Gasteiger partial charge in [0.15, 0.2) is 0 Å². The van der Waals surface area contributed by atoms with E-state index in [1.807, 2.05) is 18.2 Å².